The predicted octanol–water partition coefficient (Wildman–Crippen LogP) is 2.61. The van der Waals surface area contributed by atoms with Gasteiger partial charge in [-0.05, 0) is 58.9 Å². The van der Waals surface area contributed by atoms with Crippen molar-refractivity contribution in [3.63, 3.8) is 0 Å². The van der Waals surface area contributed by atoms with E-state index >= 15 is 0 Å². The zero-order valence-corrected chi connectivity index (χ0v) is 17.7. The van der Waals surface area contributed by atoms with Crippen molar-refractivity contribution < 1.29 is 9.59 Å². The lowest BCUT2D eigenvalue weighted by molar-refractivity contribution is -0.184. The Hall–Kier alpha value is -1.85. The third kappa shape index (κ3) is 3.17. The Morgan fingerprint density at radius 1 is 1.30 bits per heavy atom. The van der Waals surface area contributed by atoms with Gasteiger partial charge in [-0.3, -0.25) is 14.3 Å². The third-order valence-electron chi connectivity index (χ3n) is 6.70. The number of amides is 2. The van der Waals surface area contributed by atoms with Gasteiger partial charge in [-0.15, -0.1) is 0 Å². The van der Waals surface area contributed by atoms with Gasteiger partial charge < -0.3 is 9.80 Å². The molecule has 1 spiro atoms. The molecule has 2 fully saturated rings. The summed E-state index contributed by atoms with van der Waals surface area (Å²) in [4.78, 5) is 29.7. The van der Waals surface area contributed by atoms with Crippen molar-refractivity contribution in [3.8, 4) is 0 Å². The fourth-order valence-corrected chi connectivity index (χ4v) is 5.06. The quantitative estimate of drug-likeness (QED) is 0.719. The van der Waals surface area contributed by atoms with E-state index in [0.29, 0.717) is 6.54 Å². The van der Waals surface area contributed by atoms with Gasteiger partial charge in [0.05, 0.1) is 11.1 Å². The molecule has 1 aliphatic carbocycles. The van der Waals surface area contributed by atoms with Crippen LogP contribution in [-0.4, -0.2) is 57.1 Å². The summed E-state index contributed by atoms with van der Waals surface area (Å²) in [6, 6.07) is -0.189. The number of likely N-dealkylation sites (tertiary alicyclic amines) is 1. The number of β-lactam (4-membered cyclic amide) rings is 1. The second kappa shape index (κ2) is 7.28. The molecule has 150 valence electrons. The van der Waals surface area contributed by atoms with E-state index in [-0.39, 0.29) is 23.9 Å². The van der Waals surface area contributed by atoms with Crippen LogP contribution in [0.4, 0.5) is 0 Å². The van der Waals surface area contributed by atoms with Crippen molar-refractivity contribution in [2.75, 3.05) is 13.6 Å². The smallest absolute Gasteiger partial charge is 0.246 e. The van der Waals surface area contributed by atoms with Crippen LogP contribution < -0.4 is 0 Å². The van der Waals surface area contributed by atoms with Crippen LogP contribution in [-0.2, 0) is 23.1 Å². The molecule has 0 bridgehead atoms. The minimum absolute atomic E-state index is 0.0757. The maximum atomic E-state index is 13.2. The number of hydrogen-bond donors (Lipinski definition) is 0. The summed E-state index contributed by atoms with van der Waals surface area (Å²) in [5.74, 6) is 0.313. The van der Waals surface area contributed by atoms with Gasteiger partial charge in [0.25, 0.3) is 0 Å². The summed E-state index contributed by atoms with van der Waals surface area (Å²) in [5, 5.41) is 4.47. The van der Waals surface area contributed by atoms with Crippen LogP contribution in [0.15, 0.2) is 0 Å². The lowest BCUT2D eigenvalue weighted by atomic mass is 9.67. The average Bonchev–Trinajstić information content (AvgIpc) is 3.20. The van der Waals surface area contributed by atoms with Crippen molar-refractivity contribution in [1.29, 1.82) is 0 Å². The summed E-state index contributed by atoms with van der Waals surface area (Å²) in [6.07, 6.45) is 5.69. The molecular weight excluding hydrogens is 340 g/mol. The third-order valence-corrected chi connectivity index (χ3v) is 6.70. The van der Waals surface area contributed by atoms with Crippen molar-refractivity contribution >= 4 is 11.8 Å². The van der Waals surface area contributed by atoms with Crippen molar-refractivity contribution in [3.05, 3.63) is 17.0 Å². The zero-order chi connectivity index (χ0) is 19.9. The molecule has 1 saturated heterocycles. The molecule has 1 aromatic rings. The number of nitrogens with zero attached hydrogens (tertiary/aromatic N) is 4. The lowest BCUT2D eigenvalue weighted by Crippen LogP contribution is -2.74. The normalized spacial score (nSPS) is 21.2. The molecule has 1 aromatic heterocycles. The van der Waals surface area contributed by atoms with Gasteiger partial charge in [-0.25, -0.2) is 0 Å². The molecule has 1 unspecified atom stereocenters. The molecule has 6 heteroatoms. The number of likely N-dealkylation sites (N-methyl/N-ethyl adjacent to an activating group) is 1. The van der Waals surface area contributed by atoms with Gasteiger partial charge in [0.1, 0.15) is 6.04 Å². The molecule has 27 heavy (non-hydrogen) atoms. The van der Waals surface area contributed by atoms with Gasteiger partial charge >= 0.3 is 0 Å². The molecular formula is C21H34N4O2. The molecule has 3 rings (SSSR count). The van der Waals surface area contributed by atoms with Crippen LogP contribution in [0.2, 0.25) is 0 Å². The second-order valence-electron chi connectivity index (χ2n) is 8.71. The van der Waals surface area contributed by atoms with Crippen LogP contribution in [0.25, 0.3) is 0 Å². The summed E-state index contributed by atoms with van der Waals surface area (Å²) >= 11 is 0. The van der Waals surface area contributed by atoms with E-state index in [1.54, 1.807) is 0 Å². The van der Waals surface area contributed by atoms with E-state index in [4.69, 9.17) is 0 Å². The molecule has 2 aliphatic rings. The fraction of sp³-hybridized carbons (Fsp3) is 0.762. The van der Waals surface area contributed by atoms with E-state index in [1.807, 2.05) is 49.3 Å². The zero-order valence-electron chi connectivity index (χ0n) is 17.7. The van der Waals surface area contributed by atoms with Gasteiger partial charge in [0.2, 0.25) is 11.8 Å². The molecule has 1 aliphatic heterocycles. The monoisotopic (exact) mass is 374 g/mol. The lowest BCUT2D eigenvalue weighted by Gasteiger charge is -2.56. The standard InChI is InChI=1S/C21H34N4O2/c1-14(2)25-18(21(20(25)27)11-7-8-12-21)19(26)23(5)13-9-10-17-15(3)22-24(6)16(17)4/h14,18H,7-13H2,1-6H3. The number of carbonyl (C=O) groups is 2. The highest BCUT2D eigenvalue weighted by Crippen LogP contribution is 2.52. The molecule has 0 aromatic carbocycles. The maximum absolute atomic E-state index is 13.2. The number of aromatic nitrogens is 2. The van der Waals surface area contributed by atoms with Crippen LogP contribution in [0.5, 0.6) is 0 Å². The summed E-state index contributed by atoms with van der Waals surface area (Å²) in [5.41, 5.74) is 3.14. The largest absolute Gasteiger partial charge is 0.344 e. The number of hydrogen-bond acceptors (Lipinski definition) is 3. The molecule has 2 heterocycles. The molecule has 0 N–H and O–H groups in total. The van der Waals surface area contributed by atoms with E-state index < -0.39 is 5.41 Å². The van der Waals surface area contributed by atoms with Gasteiger partial charge in [-0.1, -0.05) is 12.8 Å². The first-order chi connectivity index (χ1) is 12.7. The van der Waals surface area contributed by atoms with E-state index in [0.717, 1.165) is 44.2 Å². The van der Waals surface area contributed by atoms with Crippen LogP contribution in [0, 0.1) is 19.3 Å². The van der Waals surface area contributed by atoms with E-state index in [9.17, 15) is 9.59 Å². The Morgan fingerprint density at radius 3 is 2.44 bits per heavy atom. The molecule has 1 atom stereocenters. The van der Waals surface area contributed by atoms with Gasteiger partial charge in [0, 0.05) is 32.4 Å². The Morgan fingerprint density at radius 2 is 1.93 bits per heavy atom. The first-order valence-electron chi connectivity index (χ1n) is 10.3. The van der Waals surface area contributed by atoms with Crippen molar-refractivity contribution in [2.24, 2.45) is 12.5 Å². The van der Waals surface area contributed by atoms with Crippen LogP contribution in [0.1, 0.15) is 62.9 Å². The first kappa shape index (κ1) is 19.9. The minimum Gasteiger partial charge on any atom is -0.344 e. The number of aryl methyl sites for hydroxylation is 2. The van der Waals surface area contributed by atoms with Crippen LogP contribution in [0.3, 0.4) is 0 Å². The minimum atomic E-state index is -0.411. The average molecular weight is 375 g/mol. The Kier molecular flexibility index (Phi) is 5.37. The highest BCUT2D eigenvalue weighted by atomic mass is 16.2. The Labute approximate surface area is 162 Å². The summed E-state index contributed by atoms with van der Waals surface area (Å²) in [6.45, 7) is 8.86. The van der Waals surface area contributed by atoms with Crippen LogP contribution >= 0.6 is 0 Å². The second-order valence-corrected chi connectivity index (χ2v) is 8.71. The molecule has 2 amide bonds. The first-order valence-corrected chi connectivity index (χ1v) is 10.3. The SMILES string of the molecule is Cc1nn(C)c(C)c1CCCN(C)C(=O)C1N(C(C)C)C(=O)C12CCCC2. The molecule has 6 nitrogen and oxygen atoms in total. The Balaban J connectivity index is 1.64. The van der Waals surface area contributed by atoms with Gasteiger partial charge in [-0.2, -0.15) is 5.10 Å². The highest BCUT2D eigenvalue weighted by molar-refractivity contribution is 6.02. The highest BCUT2D eigenvalue weighted by Gasteiger charge is 2.65. The maximum Gasteiger partial charge on any atom is 0.246 e. The predicted molar refractivity (Wildman–Crippen MR) is 105 cm³/mol. The van der Waals surface area contributed by atoms with Crippen molar-refractivity contribution in [2.45, 2.75) is 78.3 Å². The molecule has 1 saturated carbocycles. The number of rotatable bonds is 6. The topological polar surface area (TPSA) is 58.4 Å². The summed E-state index contributed by atoms with van der Waals surface area (Å²) in [7, 11) is 3.85. The fourth-order valence-electron chi connectivity index (χ4n) is 5.06. The van der Waals surface area contributed by atoms with Gasteiger partial charge in [0.15, 0.2) is 0 Å². The Bertz CT molecular complexity index is 731. The number of carbonyl (C=O) groups excluding carboxylic acids is 2. The summed E-state index contributed by atoms with van der Waals surface area (Å²) < 4.78 is 1.92. The van der Waals surface area contributed by atoms with Crippen molar-refractivity contribution in [1.82, 2.24) is 19.6 Å². The van der Waals surface area contributed by atoms with E-state index in [1.165, 1.54) is 11.3 Å². The van der Waals surface area contributed by atoms with E-state index in [2.05, 4.69) is 12.0 Å². The molecule has 0 radical (unpaired) electrons.